The molecule has 0 saturated carbocycles. The first-order chi connectivity index (χ1) is 37.0. The lowest BCUT2D eigenvalue weighted by Crippen LogP contribution is -2.59. The van der Waals surface area contributed by atoms with Gasteiger partial charge in [-0.05, 0) is 163 Å². The zero-order valence-electron chi connectivity index (χ0n) is 45.8. The van der Waals surface area contributed by atoms with Crippen LogP contribution in [0.3, 0.4) is 0 Å². The smallest absolute Gasteiger partial charge is 0.135 e. The molecule has 14 heteroatoms. The van der Waals surface area contributed by atoms with Crippen LogP contribution in [-0.2, 0) is 64.6 Å². The number of hydrogen-bond acceptors (Lipinski definition) is 13. The Kier molecular flexibility index (Phi) is 15.5. The Balaban J connectivity index is 0.659. The van der Waals surface area contributed by atoms with Crippen LogP contribution < -0.4 is 14.7 Å². The predicted molar refractivity (Wildman–Crippen MR) is 310 cm³/mol. The lowest BCUT2D eigenvalue weighted by atomic mass is 9.84. The Morgan fingerprint density at radius 2 is 1.12 bits per heavy atom. The van der Waals surface area contributed by atoms with Crippen LogP contribution in [0, 0.1) is 19.8 Å². The van der Waals surface area contributed by atoms with E-state index in [1.807, 2.05) is 23.5 Å². The average Bonchev–Trinajstić information content (AvgIpc) is 3.63. The van der Waals surface area contributed by atoms with Gasteiger partial charge in [0.2, 0.25) is 0 Å². The number of fused-ring (bicyclic) bond motifs is 3. The minimum Gasteiger partial charge on any atom is -0.355 e. The number of rotatable bonds is 12. The second-order valence-electron chi connectivity index (χ2n) is 23.7. The lowest BCUT2D eigenvalue weighted by Gasteiger charge is -2.48. The molecule has 1 unspecified atom stereocenters. The summed E-state index contributed by atoms with van der Waals surface area (Å²) in [6.45, 7) is 23.2. The van der Waals surface area contributed by atoms with Crippen LogP contribution in [-0.4, -0.2) is 122 Å². The number of nitrogens with zero attached hydrogens (tertiary/aromatic N) is 12. The summed E-state index contributed by atoms with van der Waals surface area (Å²) in [6.07, 6.45) is 15.6. The summed E-state index contributed by atoms with van der Waals surface area (Å²) < 4.78 is 0. The SMILES string of the molecule is Cc1nc2c(c(N3CCCN(Cc4cc(-c5ccc(CN6CCN(c7nc(CC8CCc9c(nc(C)nc9N9CCCN(Cc%10ccc(Cl)cc%10)CC9)C8)nc8c7CCCC8)CC6(C)C)cc5)cs4)CC3)n1)CCCC2. The van der Waals surface area contributed by atoms with Gasteiger partial charge in [0.15, 0.2) is 0 Å². The topological polar surface area (TPSA) is 96.8 Å². The Morgan fingerprint density at radius 1 is 0.539 bits per heavy atom. The van der Waals surface area contributed by atoms with E-state index >= 15 is 0 Å². The van der Waals surface area contributed by atoms with Crippen LogP contribution in [0.25, 0.3) is 11.1 Å². The van der Waals surface area contributed by atoms with Crippen LogP contribution in [0.4, 0.5) is 17.5 Å². The van der Waals surface area contributed by atoms with Crippen molar-refractivity contribution in [1.82, 2.24) is 44.6 Å². The van der Waals surface area contributed by atoms with Crippen LogP contribution >= 0.6 is 22.9 Å². The maximum Gasteiger partial charge on any atom is 0.135 e. The van der Waals surface area contributed by atoms with E-state index in [1.54, 1.807) is 0 Å². The fourth-order valence-corrected chi connectivity index (χ4v) is 14.5. The third-order valence-electron chi connectivity index (χ3n) is 17.6. The molecule has 0 radical (unpaired) electrons. The molecule has 6 aliphatic rings. The summed E-state index contributed by atoms with van der Waals surface area (Å²) in [5, 5.41) is 3.15. The van der Waals surface area contributed by atoms with Crippen molar-refractivity contribution in [3.8, 4) is 11.1 Å². The molecule has 12 nitrogen and oxygen atoms in total. The van der Waals surface area contributed by atoms with Crippen molar-refractivity contribution in [3.05, 3.63) is 132 Å². The molecule has 400 valence electrons. The Labute approximate surface area is 461 Å². The Morgan fingerprint density at radius 3 is 1.80 bits per heavy atom. The molecule has 3 aliphatic carbocycles. The molecule has 2 aromatic carbocycles. The number of halogens is 1. The highest BCUT2D eigenvalue weighted by Crippen LogP contribution is 2.37. The monoisotopic (exact) mass is 1060 g/mol. The molecule has 0 amide bonds. The summed E-state index contributed by atoms with van der Waals surface area (Å²) in [5.41, 5.74) is 13.3. The zero-order valence-corrected chi connectivity index (χ0v) is 47.4. The van der Waals surface area contributed by atoms with Gasteiger partial charge in [-0.25, -0.2) is 29.9 Å². The van der Waals surface area contributed by atoms with Crippen molar-refractivity contribution in [2.75, 3.05) is 86.7 Å². The molecular formula is C62H79ClN12S. The van der Waals surface area contributed by atoms with Crippen molar-refractivity contribution in [2.24, 2.45) is 5.92 Å². The van der Waals surface area contributed by atoms with Gasteiger partial charge in [-0.15, -0.1) is 11.3 Å². The highest BCUT2D eigenvalue weighted by molar-refractivity contribution is 7.10. The average molecular weight is 1060 g/mol. The summed E-state index contributed by atoms with van der Waals surface area (Å²) in [4.78, 5) is 48.1. The second-order valence-corrected chi connectivity index (χ2v) is 25.1. The van der Waals surface area contributed by atoms with Gasteiger partial charge in [-0.2, -0.15) is 0 Å². The molecule has 0 spiro atoms. The standard InChI is InChI=1S/C62H79ClN12S/c1-43-64-55-13-7-5-11-52(55)59(66-43)72-28-10-26-71(30-32-72)40-51-37-49(41-76-51)48-20-15-46(16-21-48)39-75-34-33-74(42-62(75,3)4)61-53-12-6-8-14-56(53)68-58(69-61)36-47-19-24-54-57(35-47)65-44(2)67-60(54)73-27-9-25-70(29-31-73)38-45-17-22-50(63)23-18-45/h15-18,20-23,37,41,47H,5-14,19,24-36,38-40,42H2,1-4H3. The maximum atomic E-state index is 6.18. The third-order valence-corrected chi connectivity index (χ3v) is 18.8. The normalized spacial score (nSPS) is 20.7. The van der Waals surface area contributed by atoms with Crippen molar-refractivity contribution in [2.45, 2.75) is 143 Å². The van der Waals surface area contributed by atoms with Crippen LogP contribution in [0.1, 0.15) is 126 Å². The molecule has 76 heavy (non-hydrogen) atoms. The molecule has 0 bridgehead atoms. The first-order valence-electron chi connectivity index (χ1n) is 29.0. The number of piperazine rings is 1. The molecule has 6 aromatic rings. The maximum absolute atomic E-state index is 6.18. The Bertz CT molecular complexity index is 2990. The molecular weight excluding hydrogens is 980 g/mol. The van der Waals surface area contributed by atoms with E-state index in [0.29, 0.717) is 5.92 Å². The fraction of sp³-hybridized carbons (Fsp3) is 0.548. The van der Waals surface area contributed by atoms with Gasteiger partial charge in [0.1, 0.15) is 34.9 Å². The zero-order chi connectivity index (χ0) is 51.8. The third kappa shape index (κ3) is 11.7. The molecule has 3 aliphatic heterocycles. The predicted octanol–water partition coefficient (Wildman–Crippen LogP) is 10.7. The first kappa shape index (κ1) is 51.7. The summed E-state index contributed by atoms with van der Waals surface area (Å²) in [6, 6.07) is 20.2. The first-order valence-corrected chi connectivity index (χ1v) is 30.3. The number of aromatic nitrogens is 6. The van der Waals surface area contributed by atoms with Crippen molar-refractivity contribution in [1.29, 1.82) is 0 Å². The Hall–Kier alpha value is -5.05. The van der Waals surface area contributed by atoms with Crippen LogP contribution in [0.5, 0.6) is 0 Å². The number of aryl methyl sites for hydroxylation is 4. The molecule has 4 aromatic heterocycles. The minimum absolute atomic E-state index is 0.0198. The lowest BCUT2D eigenvalue weighted by molar-refractivity contribution is 0.0958. The number of anilines is 3. The summed E-state index contributed by atoms with van der Waals surface area (Å²) in [5.74, 6) is 6.90. The van der Waals surface area contributed by atoms with Crippen molar-refractivity contribution >= 4 is 40.4 Å². The van der Waals surface area contributed by atoms with Gasteiger partial charge in [0.05, 0.1) is 0 Å². The summed E-state index contributed by atoms with van der Waals surface area (Å²) in [7, 11) is 0. The van der Waals surface area contributed by atoms with E-state index in [1.165, 1.54) is 104 Å². The molecule has 0 N–H and O–H groups in total. The summed E-state index contributed by atoms with van der Waals surface area (Å²) >= 11 is 8.09. The van der Waals surface area contributed by atoms with E-state index in [4.69, 9.17) is 41.5 Å². The van der Waals surface area contributed by atoms with Gasteiger partial charge >= 0.3 is 0 Å². The van der Waals surface area contributed by atoms with Crippen molar-refractivity contribution < 1.29 is 0 Å². The van der Waals surface area contributed by atoms with Gasteiger partial charge in [0.25, 0.3) is 0 Å². The quantitative estimate of drug-likeness (QED) is 0.117. The minimum atomic E-state index is -0.0198. The van der Waals surface area contributed by atoms with E-state index in [2.05, 4.69) is 105 Å². The second kappa shape index (κ2) is 22.7. The highest BCUT2D eigenvalue weighted by atomic mass is 35.5. The largest absolute Gasteiger partial charge is 0.355 e. The highest BCUT2D eigenvalue weighted by Gasteiger charge is 2.37. The molecule has 1 atom stereocenters. The van der Waals surface area contributed by atoms with E-state index in [-0.39, 0.29) is 5.54 Å². The van der Waals surface area contributed by atoms with Gasteiger partial charge < -0.3 is 14.7 Å². The molecule has 7 heterocycles. The molecule has 12 rings (SSSR count). The molecule has 3 fully saturated rings. The van der Waals surface area contributed by atoms with Gasteiger partial charge in [-0.3, -0.25) is 14.7 Å². The van der Waals surface area contributed by atoms with Gasteiger partial charge in [0, 0.05) is 147 Å². The fourth-order valence-electron chi connectivity index (χ4n) is 13.5. The number of thiophene rings is 1. The van der Waals surface area contributed by atoms with E-state index < -0.39 is 0 Å². The van der Waals surface area contributed by atoms with Crippen LogP contribution in [0.15, 0.2) is 60.0 Å². The molecule has 3 saturated heterocycles. The van der Waals surface area contributed by atoms with E-state index in [9.17, 15) is 0 Å². The number of benzene rings is 2. The van der Waals surface area contributed by atoms with Gasteiger partial charge in [-0.1, -0.05) is 48.0 Å². The van der Waals surface area contributed by atoms with Crippen molar-refractivity contribution in [3.63, 3.8) is 0 Å². The van der Waals surface area contributed by atoms with Crippen LogP contribution in [0.2, 0.25) is 5.02 Å². The van der Waals surface area contributed by atoms with E-state index in [0.717, 1.165) is 178 Å². The number of hydrogen-bond donors (Lipinski definition) is 0.